The van der Waals surface area contributed by atoms with Crippen molar-refractivity contribution in [1.82, 2.24) is 25.3 Å². The molecule has 0 bridgehead atoms. The second kappa shape index (κ2) is 7.44. The molecule has 30 heavy (non-hydrogen) atoms. The van der Waals surface area contributed by atoms with Crippen molar-refractivity contribution in [2.75, 3.05) is 11.9 Å². The van der Waals surface area contributed by atoms with Gasteiger partial charge in [0, 0.05) is 25.8 Å². The van der Waals surface area contributed by atoms with E-state index in [1.54, 1.807) is 17.9 Å². The molecule has 2 aromatic rings. The van der Waals surface area contributed by atoms with Crippen LogP contribution in [0.2, 0.25) is 0 Å². The smallest absolute Gasteiger partial charge is 0.391 e. The van der Waals surface area contributed by atoms with Crippen molar-refractivity contribution < 1.29 is 22.4 Å². The summed E-state index contributed by atoms with van der Waals surface area (Å²) in [6.07, 6.45) is 0.497. The Balaban J connectivity index is 1.53. The molecule has 0 aromatic carbocycles. The van der Waals surface area contributed by atoms with Crippen LogP contribution < -0.4 is 10.6 Å². The van der Waals surface area contributed by atoms with E-state index >= 15 is 0 Å². The van der Waals surface area contributed by atoms with E-state index in [0.717, 1.165) is 0 Å². The first-order valence-electron chi connectivity index (χ1n) is 9.86. The van der Waals surface area contributed by atoms with Crippen molar-refractivity contribution in [3.05, 3.63) is 24.7 Å². The first kappa shape index (κ1) is 20.4. The van der Waals surface area contributed by atoms with Crippen molar-refractivity contribution in [1.29, 1.82) is 0 Å². The lowest BCUT2D eigenvalue weighted by Gasteiger charge is -2.30. The highest BCUT2D eigenvalue weighted by atomic mass is 19.4. The van der Waals surface area contributed by atoms with Crippen molar-refractivity contribution in [2.24, 2.45) is 13.0 Å². The summed E-state index contributed by atoms with van der Waals surface area (Å²) in [5.74, 6) is -0.677. The van der Waals surface area contributed by atoms with Crippen LogP contribution in [-0.2, 0) is 17.3 Å². The molecule has 0 spiro atoms. The minimum Gasteiger partial charge on any atom is -0.419 e. The summed E-state index contributed by atoms with van der Waals surface area (Å²) in [6.45, 7) is 4.24. The van der Waals surface area contributed by atoms with Gasteiger partial charge in [0.05, 0.1) is 5.92 Å². The first-order chi connectivity index (χ1) is 14.2. The average Bonchev–Trinajstić information content (AvgIpc) is 3.40. The Morgan fingerprint density at radius 1 is 1.33 bits per heavy atom. The third kappa shape index (κ3) is 3.56. The predicted octanol–water partition coefficient (Wildman–Crippen LogP) is 2.95. The highest BCUT2D eigenvalue weighted by Crippen LogP contribution is 2.39. The Morgan fingerprint density at radius 3 is 2.67 bits per heavy atom. The molecule has 8 nitrogen and oxygen atoms in total. The molecule has 4 rings (SSSR count). The van der Waals surface area contributed by atoms with E-state index in [1.165, 1.54) is 6.08 Å². The highest BCUT2D eigenvalue weighted by Gasteiger charge is 2.46. The lowest BCUT2D eigenvalue weighted by molar-refractivity contribution is -0.182. The molecule has 1 saturated heterocycles. The SMILES string of the molecule is C=C[C@]1(c2nnc(-c3cn(C)nc3NC3CCC(C(F)(F)F)CC3)o2)CCNC1=O. The van der Waals surface area contributed by atoms with Gasteiger partial charge in [-0.3, -0.25) is 9.48 Å². The van der Waals surface area contributed by atoms with Gasteiger partial charge in [-0.1, -0.05) is 6.08 Å². The summed E-state index contributed by atoms with van der Waals surface area (Å²) in [4.78, 5) is 12.3. The second-order valence-corrected chi connectivity index (χ2v) is 7.89. The molecule has 1 aliphatic carbocycles. The lowest BCUT2D eigenvalue weighted by atomic mass is 9.85. The largest absolute Gasteiger partial charge is 0.419 e. The third-order valence-corrected chi connectivity index (χ3v) is 5.96. The van der Waals surface area contributed by atoms with Crippen LogP contribution in [0, 0.1) is 5.92 Å². The number of halogens is 3. The number of hydrogen-bond acceptors (Lipinski definition) is 6. The molecule has 2 aromatic heterocycles. The molecule has 0 unspecified atom stereocenters. The van der Waals surface area contributed by atoms with Crippen molar-refractivity contribution >= 4 is 11.7 Å². The number of aromatic nitrogens is 4. The van der Waals surface area contributed by atoms with Gasteiger partial charge < -0.3 is 15.1 Å². The summed E-state index contributed by atoms with van der Waals surface area (Å²) in [7, 11) is 1.72. The molecule has 1 atom stereocenters. The van der Waals surface area contributed by atoms with Gasteiger partial charge in [-0.15, -0.1) is 16.8 Å². The van der Waals surface area contributed by atoms with E-state index in [0.29, 0.717) is 37.2 Å². The van der Waals surface area contributed by atoms with E-state index in [9.17, 15) is 18.0 Å². The normalized spacial score (nSPS) is 27.1. The molecule has 1 amide bonds. The number of alkyl halides is 3. The Kier molecular flexibility index (Phi) is 5.07. The standard InChI is InChI=1S/C19H23F3N6O2/c1-3-18(8-9-23-16(18)29)17-26-25-15(30-17)13-10-28(2)27-14(13)24-12-6-4-11(5-7-12)19(20,21)22/h3,10-12H,1,4-9H2,2H3,(H,23,29)(H,24,27)/t11?,12?,18-/m0/s1. The number of nitrogens with one attached hydrogen (secondary N) is 2. The maximum Gasteiger partial charge on any atom is 0.391 e. The van der Waals surface area contributed by atoms with E-state index in [1.807, 2.05) is 0 Å². The molecule has 2 aliphatic rings. The van der Waals surface area contributed by atoms with Crippen LogP contribution in [0.1, 0.15) is 38.0 Å². The van der Waals surface area contributed by atoms with Gasteiger partial charge in [-0.05, 0) is 32.1 Å². The van der Waals surface area contributed by atoms with E-state index in [4.69, 9.17) is 4.42 Å². The fourth-order valence-electron chi connectivity index (χ4n) is 4.15. The summed E-state index contributed by atoms with van der Waals surface area (Å²) < 4.78 is 46.1. The number of amides is 1. The van der Waals surface area contributed by atoms with Gasteiger partial charge in [0.15, 0.2) is 5.82 Å². The van der Waals surface area contributed by atoms with Crippen LogP contribution in [0.25, 0.3) is 11.5 Å². The number of aryl methyl sites for hydroxylation is 1. The molecule has 3 heterocycles. The van der Waals surface area contributed by atoms with Crippen LogP contribution in [0.5, 0.6) is 0 Å². The summed E-state index contributed by atoms with van der Waals surface area (Å²) in [5, 5.41) is 18.5. The topological polar surface area (TPSA) is 97.9 Å². The van der Waals surface area contributed by atoms with Crippen LogP contribution in [0.15, 0.2) is 23.3 Å². The summed E-state index contributed by atoms with van der Waals surface area (Å²) in [6, 6.07) is -0.125. The zero-order valence-electron chi connectivity index (χ0n) is 16.5. The maximum absolute atomic E-state index is 12.9. The number of nitrogens with zero attached hydrogens (tertiary/aromatic N) is 4. The van der Waals surface area contributed by atoms with Crippen LogP contribution in [0.4, 0.5) is 19.0 Å². The van der Waals surface area contributed by atoms with E-state index in [2.05, 4.69) is 32.5 Å². The molecular formula is C19H23F3N6O2. The second-order valence-electron chi connectivity index (χ2n) is 7.89. The van der Waals surface area contributed by atoms with Gasteiger partial charge in [0.1, 0.15) is 11.0 Å². The van der Waals surface area contributed by atoms with E-state index in [-0.39, 0.29) is 36.6 Å². The van der Waals surface area contributed by atoms with Gasteiger partial charge in [-0.2, -0.15) is 18.3 Å². The molecule has 0 radical (unpaired) electrons. The number of carbonyl (C=O) groups is 1. The van der Waals surface area contributed by atoms with E-state index < -0.39 is 17.5 Å². The van der Waals surface area contributed by atoms with Crippen molar-refractivity contribution in [2.45, 2.75) is 49.7 Å². The number of rotatable bonds is 5. The molecule has 2 fully saturated rings. The fourth-order valence-corrected chi connectivity index (χ4v) is 4.15. The number of anilines is 1. The monoisotopic (exact) mass is 424 g/mol. The summed E-state index contributed by atoms with van der Waals surface area (Å²) >= 11 is 0. The minimum absolute atomic E-state index is 0.0883. The molecule has 1 saturated carbocycles. The van der Waals surface area contributed by atoms with Gasteiger partial charge >= 0.3 is 6.18 Å². The quantitative estimate of drug-likeness (QED) is 0.717. The number of carbonyl (C=O) groups excluding carboxylic acids is 1. The summed E-state index contributed by atoms with van der Waals surface area (Å²) in [5.41, 5.74) is -0.524. The lowest BCUT2D eigenvalue weighted by Crippen LogP contribution is -2.33. The Morgan fingerprint density at radius 2 is 2.07 bits per heavy atom. The zero-order chi connectivity index (χ0) is 21.5. The highest BCUT2D eigenvalue weighted by molar-refractivity contribution is 5.91. The van der Waals surface area contributed by atoms with Crippen molar-refractivity contribution in [3.8, 4) is 11.5 Å². The van der Waals surface area contributed by atoms with Crippen LogP contribution in [-0.4, -0.2) is 44.6 Å². The maximum atomic E-state index is 12.9. The molecular weight excluding hydrogens is 401 g/mol. The Labute approximate surface area is 170 Å². The zero-order valence-corrected chi connectivity index (χ0v) is 16.5. The third-order valence-electron chi connectivity index (χ3n) is 5.96. The van der Waals surface area contributed by atoms with Crippen molar-refractivity contribution in [3.63, 3.8) is 0 Å². The molecule has 162 valence electrons. The average molecular weight is 424 g/mol. The fraction of sp³-hybridized carbons (Fsp3) is 0.579. The number of hydrogen-bond donors (Lipinski definition) is 2. The molecule has 11 heteroatoms. The van der Waals surface area contributed by atoms with Crippen LogP contribution >= 0.6 is 0 Å². The van der Waals surface area contributed by atoms with Gasteiger partial charge in [-0.25, -0.2) is 0 Å². The Hall–Kier alpha value is -2.85. The Bertz CT molecular complexity index is 944. The minimum atomic E-state index is -4.14. The molecule has 2 N–H and O–H groups in total. The van der Waals surface area contributed by atoms with Gasteiger partial charge in [0.25, 0.3) is 5.89 Å². The first-order valence-corrected chi connectivity index (χ1v) is 9.86. The predicted molar refractivity (Wildman–Crippen MR) is 101 cm³/mol. The van der Waals surface area contributed by atoms with Crippen LogP contribution in [0.3, 0.4) is 0 Å². The van der Waals surface area contributed by atoms with Gasteiger partial charge in [0.2, 0.25) is 11.8 Å². The molecule has 1 aliphatic heterocycles.